The van der Waals surface area contributed by atoms with Crippen molar-refractivity contribution in [1.82, 2.24) is 0 Å². The molecule has 0 aromatic heterocycles. The van der Waals surface area contributed by atoms with Crippen molar-refractivity contribution >= 4 is 0 Å². The maximum absolute atomic E-state index is 9.12. The maximum Gasteiger partial charge on any atom is 0.0906 e. The fourth-order valence-corrected chi connectivity index (χ4v) is 2.11. The molecule has 12 heavy (non-hydrogen) atoms. The SMILES string of the molecule is CC1(C)CC(N)CC(C)(CO)O1. The lowest BCUT2D eigenvalue weighted by atomic mass is 9.85. The van der Waals surface area contributed by atoms with Gasteiger partial charge in [-0.3, -0.25) is 0 Å². The fourth-order valence-electron chi connectivity index (χ4n) is 2.11. The van der Waals surface area contributed by atoms with Crippen LogP contribution >= 0.6 is 0 Å². The van der Waals surface area contributed by atoms with Crippen LogP contribution in [-0.4, -0.2) is 29.0 Å². The fraction of sp³-hybridized carbons (Fsp3) is 1.00. The zero-order valence-electron chi connectivity index (χ0n) is 8.13. The van der Waals surface area contributed by atoms with Crippen LogP contribution in [-0.2, 0) is 4.74 Å². The summed E-state index contributed by atoms with van der Waals surface area (Å²) >= 11 is 0. The van der Waals surface area contributed by atoms with E-state index in [-0.39, 0.29) is 18.2 Å². The van der Waals surface area contributed by atoms with E-state index in [0.29, 0.717) is 0 Å². The monoisotopic (exact) mass is 173 g/mol. The maximum atomic E-state index is 9.12. The topological polar surface area (TPSA) is 55.5 Å². The van der Waals surface area contributed by atoms with Gasteiger partial charge in [-0.25, -0.2) is 0 Å². The second-order valence-corrected chi connectivity index (χ2v) is 4.64. The highest BCUT2D eigenvalue weighted by Gasteiger charge is 2.40. The van der Waals surface area contributed by atoms with Gasteiger partial charge in [0.25, 0.3) is 0 Å². The lowest BCUT2D eigenvalue weighted by molar-refractivity contribution is -0.185. The van der Waals surface area contributed by atoms with Gasteiger partial charge in [0.15, 0.2) is 0 Å². The highest BCUT2D eigenvalue weighted by atomic mass is 16.5. The molecule has 0 spiro atoms. The largest absolute Gasteiger partial charge is 0.393 e. The molecule has 3 nitrogen and oxygen atoms in total. The minimum atomic E-state index is -0.443. The summed E-state index contributed by atoms with van der Waals surface area (Å²) in [6.45, 7) is 5.98. The minimum Gasteiger partial charge on any atom is -0.393 e. The van der Waals surface area contributed by atoms with Crippen LogP contribution in [0, 0.1) is 0 Å². The molecule has 0 radical (unpaired) electrons. The molecule has 0 aromatic carbocycles. The molecule has 1 heterocycles. The van der Waals surface area contributed by atoms with E-state index in [1.54, 1.807) is 0 Å². The van der Waals surface area contributed by atoms with Gasteiger partial charge in [0.1, 0.15) is 0 Å². The average molecular weight is 173 g/mol. The molecule has 2 unspecified atom stereocenters. The molecule has 0 bridgehead atoms. The Morgan fingerprint density at radius 2 is 2.00 bits per heavy atom. The summed E-state index contributed by atoms with van der Waals surface area (Å²) in [5.74, 6) is 0. The Morgan fingerprint density at radius 3 is 2.42 bits per heavy atom. The lowest BCUT2D eigenvalue weighted by Crippen LogP contribution is -2.53. The highest BCUT2D eigenvalue weighted by Crippen LogP contribution is 2.33. The Morgan fingerprint density at radius 1 is 1.42 bits per heavy atom. The van der Waals surface area contributed by atoms with Gasteiger partial charge in [0.2, 0.25) is 0 Å². The molecule has 0 saturated carbocycles. The third-order valence-corrected chi connectivity index (χ3v) is 2.30. The molecule has 0 aromatic rings. The normalized spacial score (nSPS) is 41.2. The summed E-state index contributed by atoms with van der Waals surface area (Å²) in [6, 6.07) is 0.144. The van der Waals surface area contributed by atoms with Gasteiger partial charge in [-0.15, -0.1) is 0 Å². The number of ether oxygens (including phenoxy) is 1. The minimum absolute atomic E-state index is 0.0458. The summed E-state index contributed by atoms with van der Waals surface area (Å²) in [7, 11) is 0. The standard InChI is InChI=1S/C9H19NO2/c1-8(2)4-7(10)5-9(3,6-11)12-8/h7,11H,4-6,10H2,1-3H3. The first-order valence-electron chi connectivity index (χ1n) is 4.43. The van der Waals surface area contributed by atoms with Crippen LogP contribution in [0.1, 0.15) is 33.6 Å². The molecular weight excluding hydrogens is 154 g/mol. The van der Waals surface area contributed by atoms with E-state index >= 15 is 0 Å². The van der Waals surface area contributed by atoms with Crippen molar-refractivity contribution < 1.29 is 9.84 Å². The summed E-state index contributed by atoms with van der Waals surface area (Å²) in [5, 5.41) is 9.12. The van der Waals surface area contributed by atoms with E-state index in [4.69, 9.17) is 15.6 Å². The quantitative estimate of drug-likeness (QED) is 0.612. The van der Waals surface area contributed by atoms with Crippen molar-refractivity contribution in [3.63, 3.8) is 0 Å². The van der Waals surface area contributed by atoms with E-state index in [1.807, 2.05) is 20.8 Å². The smallest absolute Gasteiger partial charge is 0.0906 e. The predicted octanol–water partition coefficient (Wildman–Crippen LogP) is 0.654. The number of nitrogens with two attached hydrogens (primary N) is 1. The van der Waals surface area contributed by atoms with E-state index in [0.717, 1.165) is 12.8 Å². The van der Waals surface area contributed by atoms with Crippen LogP contribution in [0.2, 0.25) is 0 Å². The van der Waals surface area contributed by atoms with Gasteiger partial charge in [0, 0.05) is 6.04 Å². The number of hydrogen-bond donors (Lipinski definition) is 2. The number of hydrogen-bond acceptors (Lipinski definition) is 3. The van der Waals surface area contributed by atoms with Crippen LogP contribution < -0.4 is 5.73 Å². The average Bonchev–Trinajstić information content (AvgIpc) is 1.82. The highest BCUT2D eigenvalue weighted by molar-refractivity contribution is 4.92. The molecule has 1 saturated heterocycles. The van der Waals surface area contributed by atoms with Gasteiger partial charge < -0.3 is 15.6 Å². The molecule has 72 valence electrons. The van der Waals surface area contributed by atoms with Crippen molar-refractivity contribution in [1.29, 1.82) is 0 Å². The Labute approximate surface area is 73.9 Å². The Balaban J connectivity index is 2.70. The second-order valence-electron chi connectivity index (χ2n) is 4.64. The van der Waals surface area contributed by atoms with Crippen LogP contribution in [0.25, 0.3) is 0 Å². The molecule has 0 amide bonds. The third kappa shape index (κ3) is 2.19. The molecule has 2 atom stereocenters. The van der Waals surface area contributed by atoms with Gasteiger partial charge in [-0.1, -0.05) is 0 Å². The lowest BCUT2D eigenvalue weighted by Gasteiger charge is -2.45. The first-order valence-corrected chi connectivity index (χ1v) is 4.43. The van der Waals surface area contributed by atoms with Crippen LogP contribution in [0.4, 0.5) is 0 Å². The van der Waals surface area contributed by atoms with Crippen molar-refractivity contribution in [3.05, 3.63) is 0 Å². The number of aliphatic hydroxyl groups excluding tert-OH is 1. The second kappa shape index (κ2) is 2.98. The zero-order chi connectivity index (χ0) is 9.41. The summed E-state index contributed by atoms with van der Waals surface area (Å²) in [6.07, 6.45) is 1.61. The first kappa shape index (κ1) is 9.96. The van der Waals surface area contributed by atoms with Crippen molar-refractivity contribution in [2.75, 3.05) is 6.61 Å². The Kier molecular flexibility index (Phi) is 2.47. The Hall–Kier alpha value is -0.120. The molecule has 1 fully saturated rings. The molecule has 1 rings (SSSR count). The summed E-state index contributed by atoms with van der Waals surface area (Å²) in [5.41, 5.74) is 5.23. The van der Waals surface area contributed by atoms with Gasteiger partial charge >= 0.3 is 0 Å². The number of aliphatic hydroxyl groups is 1. The van der Waals surface area contributed by atoms with E-state index in [2.05, 4.69) is 0 Å². The van der Waals surface area contributed by atoms with Gasteiger partial charge in [-0.05, 0) is 33.6 Å². The molecule has 1 aliphatic rings. The first-order chi connectivity index (χ1) is 5.37. The van der Waals surface area contributed by atoms with Gasteiger partial charge in [-0.2, -0.15) is 0 Å². The predicted molar refractivity (Wildman–Crippen MR) is 47.9 cm³/mol. The Bertz CT molecular complexity index is 170. The van der Waals surface area contributed by atoms with E-state index in [1.165, 1.54) is 0 Å². The third-order valence-electron chi connectivity index (χ3n) is 2.30. The summed E-state index contributed by atoms with van der Waals surface area (Å²) < 4.78 is 5.75. The van der Waals surface area contributed by atoms with Crippen LogP contribution in [0.15, 0.2) is 0 Å². The zero-order valence-corrected chi connectivity index (χ0v) is 8.13. The van der Waals surface area contributed by atoms with Crippen molar-refractivity contribution in [2.24, 2.45) is 5.73 Å². The van der Waals surface area contributed by atoms with Gasteiger partial charge in [0.05, 0.1) is 17.8 Å². The van der Waals surface area contributed by atoms with E-state index in [9.17, 15) is 0 Å². The molecule has 0 aliphatic carbocycles. The van der Waals surface area contributed by atoms with Crippen LogP contribution in [0.5, 0.6) is 0 Å². The summed E-state index contributed by atoms with van der Waals surface area (Å²) in [4.78, 5) is 0. The molecule has 1 aliphatic heterocycles. The molecular formula is C9H19NO2. The molecule has 3 heteroatoms. The van der Waals surface area contributed by atoms with Crippen molar-refractivity contribution in [2.45, 2.75) is 50.9 Å². The number of rotatable bonds is 1. The van der Waals surface area contributed by atoms with Crippen molar-refractivity contribution in [3.8, 4) is 0 Å². The van der Waals surface area contributed by atoms with E-state index < -0.39 is 5.60 Å². The molecule has 3 N–H and O–H groups in total. The van der Waals surface area contributed by atoms with Crippen LogP contribution in [0.3, 0.4) is 0 Å².